The van der Waals surface area contributed by atoms with E-state index in [-0.39, 0.29) is 0 Å². The minimum absolute atomic E-state index is 0.610. The van der Waals surface area contributed by atoms with Crippen LogP contribution in [0.4, 0.5) is 72.8 Å². The molecule has 36 heavy (non-hydrogen) atoms. The van der Waals surface area contributed by atoms with E-state index in [1.54, 1.807) is 0 Å². The highest BCUT2D eigenvalue weighted by Gasteiger charge is 2.77. The molecule has 0 unspecified atom stereocenters. The molecule has 0 aliphatic rings. The first-order valence-corrected chi connectivity index (χ1v) is 8.79. The molecule has 4 nitrogen and oxygen atoms in total. The highest BCUT2D eigenvalue weighted by atomic mass is 19.4. The third-order valence-electron chi connectivity index (χ3n) is 4.49. The Kier molecular flexibility index (Phi) is 6.94. The molecule has 0 aliphatic carbocycles. The van der Waals surface area contributed by atoms with E-state index in [2.05, 4.69) is 0 Å². The molecule has 2 aromatic carbocycles. The number of hydrogen-bond acceptors (Lipinski definition) is 2. The molecule has 18 heteroatoms. The van der Waals surface area contributed by atoms with Gasteiger partial charge in [0, 0.05) is 22.1 Å². The summed E-state index contributed by atoms with van der Waals surface area (Å²) in [5, 5.41) is 0.899. The lowest BCUT2D eigenvalue weighted by molar-refractivity contribution is -0.343. The van der Waals surface area contributed by atoms with E-state index in [1.165, 1.54) is 0 Å². The van der Waals surface area contributed by atoms with Crippen LogP contribution in [0.5, 0.6) is 0 Å². The molecule has 0 bridgehead atoms. The average molecular weight is 550 g/mol. The summed E-state index contributed by atoms with van der Waals surface area (Å²) in [5.41, 5.74) is -1.89. The maximum absolute atomic E-state index is 13.6. The normalized spacial score (nSPS) is 14.1. The van der Waals surface area contributed by atoms with E-state index >= 15 is 0 Å². The van der Waals surface area contributed by atoms with Gasteiger partial charge in [-0.05, 0) is 12.1 Å². The number of carbonyl (C=O) groups is 2. The van der Waals surface area contributed by atoms with E-state index in [0.717, 1.165) is 34.9 Å². The first-order valence-electron chi connectivity index (χ1n) is 8.79. The Morgan fingerprint density at radius 2 is 0.778 bits per heavy atom. The van der Waals surface area contributed by atoms with Crippen molar-refractivity contribution >= 4 is 34.0 Å². The van der Waals surface area contributed by atoms with Gasteiger partial charge in [0.1, 0.15) is 0 Å². The highest BCUT2D eigenvalue weighted by molar-refractivity contribution is 6.10. The van der Waals surface area contributed by atoms with Crippen LogP contribution in [-0.2, 0) is 9.59 Å². The van der Waals surface area contributed by atoms with Crippen molar-refractivity contribution in [3.8, 4) is 0 Å². The van der Waals surface area contributed by atoms with Crippen LogP contribution in [0.1, 0.15) is 0 Å². The molecule has 2 N–H and O–H groups in total. The summed E-state index contributed by atoms with van der Waals surface area (Å²) >= 11 is 0. The van der Waals surface area contributed by atoms with Crippen molar-refractivity contribution in [2.45, 2.75) is 36.0 Å². The maximum Gasteiger partial charge on any atom is 0.460 e. The van der Waals surface area contributed by atoms with E-state index in [4.69, 9.17) is 0 Å². The maximum atomic E-state index is 13.6. The second-order valence-electron chi connectivity index (χ2n) is 6.91. The van der Waals surface area contributed by atoms with Crippen LogP contribution < -0.4 is 10.6 Å². The van der Waals surface area contributed by atoms with Gasteiger partial charge in [0.25, 0.3) is 0 Å². The van der Waals surface area contributed by atoms with Crippen LogP contribution in [0.2, 0.25) is 0 Å². The van der Waals surface area contributed by atoms with Crippen LogP contribution in [0.15, 0.2) is 36.4 Å². The number of benzene rings is 2. The van der Waals surface area contributed by atoms with Gasteiger partial charge in [0.05, 0.1) is 0 Å². The second kappa shape index (κ2) is 8.65. The van der Waals surface area contributed by atoms with Crippen LogP contribution in [0.25, 0.3) is 10.8 Å². The van der Waals surface area contributed by atoms with Crippen LogP contribution in [0, 0.1) is 0 Å². The number of halogens is 14. The average Bonchev–Trinajstić information content (AvgIpc) is 2.72. The Bertz CT molecular complexity index is 1080. The van der Waals surface area contributed by atoms with Crippen molar-refractivity contribution in [1.29, 1.82) is 0 Å². The zero-order valence-corrected chi connectivity index (χ0v) is 16.6. The lowest BCUT2D eigenvalue weighted by Gasteiger charge is -2.27. The van der Waals surface area contributed by atoms with E-state index in [1.807, 2.05) is 0 Å². The van der Waals surface area contributed by atoms with Crippen LogP contribution in [-0.4, -0.2) is 47.9 Å². The van der Waals surface area contributed by atoms with Crippen molar-refractivity contribution in [2.75, 3.05) is 10.6 Å². The number of nitrogens with one attached hydrogen (secondary N) is 2. The fourth-order valence-corrected chi connectivity index (χ4v) is 2.57. The van der Waals surface area contributed by atoms with Gasteiger partial charge in [-0.25, -0.2) is 0 Å². The first kappa shape index (κ1) is 28.9. The molecule has 0 radical (unpaired) electrons. The number of rotatable bonds is 6. The summed E-state index contributed by atoms with van der Waals surface area (Å²) in [6.45, 7) is 0. The van der Waals surface area contributed by atoms with Gasteiger partial charge < -0.3 is 10.6 Å². The summed E-state index contributed by atoms with van der Waals surface area (Å²) in [6, 6.07) is 4.47. The first-order chi connectivity index (χ1) is 16.0. The Labute approximate surface area is 189 Å². The van der Waals surface area contributed by atoms with E-state index in [0.29, 0.717) is 12.1 Å². The Morgan fingerprint density at radius 3 is 1.03 bits per heavy atom. The van der Waals surface area contributed by atoms with Crippen molar-refractivity contribution < 1.29 is 71.1 Å². The quantitative estimate of drug-likeness (QED) is 0.410. The predicted molar refractivity (Wildman–Crippen MR) is 93.1 cm³/mol. The molecule has 2 rings (SSSR count). The SMILES string of the molecule is O=C(Nc1cccc2c(NC(=O)C(F)(F)C(F)(F)C(F)(F)F)cccc12)C(F)(F)C(F)(F)C(F)(F)F. The number of carbonyl (C=O) groups excluding carboxylic acids is 2. The highest BCUT2D eigenvalue weighted by Crippen LogP contribution is 2.48. The van der Waals surface area contributed by atoms with Gasteiger partial charge in [-0.3, -0.25) is 9.59 Å². The molecule has 0 aromatic heterocycles. The Balaban J connectivity index is 2.46. The molecule has 200 valence electrons. The number of fused-ring (bicyclic) bond motifs is 1. The summed E-state index contributed by atoms with van der Waals surface area (Å²) in [5.74, 6) is -32.7. The molecule has 0 saturated heterocycles. The Hall–Kier alpha value is -3.34. The summed E-state index contributed by atoms with van der Waals surface area (Å²) in [4.78, 5) is 23.1. The van der Waals surface area contributed by atoms with Gasteiger partial charge in [-0.2, -0.15) is 61.5 Å². The van der Waals surface area contributed by atoms with Gasteiger partial charge in [-0.15, -0.1) is 0 Å². The Morgan fingerprint density at radius 1 is 0.500 bits per heavy atom. The molecule has 0 spiro atoms. The fraction of sp³-hybridized carbons (Fsp3) is 0.333. The lowest BCUT2D eigenvalue weighted by Crippen LogP contribution is -2.57. The number of alkyl halides is 14. The minimum Gasteiger partial charge on any atom is -0.320 e. The molecule has 0 aliphatic heterocycles. The van der Waals surface area contributed by atoms with Gasteiger partial charge >= 0.3 is 47.9 Å². The second-order valence-corrected chi connectivity index (χ2v) is 6.91. The molecule has 0 heterocycles. The summed E-state index contributed by atoms with van der Waals surface area (Å²) in [7, 11) is 0. The third kappa shape index (κ3) is 4.59. The fourth-order valence-electron chi connectivity index (χ4n) is 2.57. The van der Waals surface area contributed by atoms with Gasteiger partial charge in [-0.1, -0.05) is 24.3 Å². The van der Waals surface area contributed by atoms with Crippen LogP contribution >= 0.6 is 0 Å². The van der Waals surface area contributed by atoms with E-state index < -0.39 is 70.0 Å². The molecule has 2 amide bonds. The molecular weight excluding hydrogens is 542 g/mol. The van der Waals surface area contributed by atoms with E-state index in [9.17, 15) is 71.1 Å². The monoisotopic (exact) mass is 550 g/mol. The number of anilines is 2. The van der Waals surface area contributed by atoms with Crippen molar-refractivity contribution in [1.82, 2.24) is 0 Å². The zero-order valence-electron chi connectivity index (χ0n) is 16.6. The van der Waals surface area contributed by atoms with Crippen molar-refractivity contribution in [3.05, 3.63) is 36.4 Å². The topological polar surface area (TPSA) is 58.2 Å². The predicted octanol–water partition coefficient (Wildman–Crippen LogP) is 6.38. The number of hydrogen-bond donors (Lipinski definition) is 2. The van der Waals surface area contributed by atoms with Crippen LogP contribution in [0.3, 0.4) is 0 Å². The summed E-state index contributed by atoms with van der Waals surface area (Å²) in [6.07, 6.45) is -13.7. The molecule has 2 aromatic rings. The van der Waals surface area contributed by atoms with Crippen molar-refractivity contribution in [2.24, 2.45) is 0 Å². The smallest absolute Gasteiger partial charge is 0.320 e. The molecule has 0 atom stereocenters. The summed E-state index contributed by atoms with van der Waals surface area (Å²) < 4.78 is 180. The van der Waals surface area contributed by atoms with Gasteiger partial charge in [0.15, 0.2) is 0 Å². The molecule has 0 fully saturated rings. The standard InChI is InChI=1S/C18H8F14N2O2/c19-13(20,15(23,24)17(27,28)29)11(35)33-9-5-1-3-7-8(9)4-2-6-10(7)34-12(36)14(21,22)16(25,26)18(30,31)32/h1-6H,(H,33,35)(H,34,36). The number of amides is 2. The largest absolute Gasteiger partial charge is 0.460 e. The molecule has 0 saturated carbocycles. The molecular formula is C18H8F14N2O2. The van der Waals surface area contributed by atoms with Crippen molar-refractivity contribution in [3.63, 3.8) is 0 Å². The zero-order chi connectivity index (χ0) is 28.1. The minimum atomic E-state index is -6.85. The lowest BCUT2D eigenvalue weighted by atomic mass is 10.0. The van der Waals surface area contributed by atoms with Gasteiger partial charge in [0.2, 0.25) is 0 Å². The third-order valence-corrected chi connectivity index (χ3v) is 4.49.